The molecular formula is C9H3BrF3NO3S. The molecule has 0 aliphatic rings. The van der Waals surface area contributed by atoms with Crippen molar-refractivity contribution < 1.29 is 27.5 Å². The predicted octanol–water partition coefficient (Wildman–Crippen LogP) is 3.88. The van der Waals surface area contributed by atoms with E-state index >= 15 is 0 Å². The second kappa shape index (κ2) is 4.39. The van der Waals surface area contributed by atoms with Gasteiger partial charge in [0.15, 0.2) is 16.5 Å². The zero-order valence-corrected chi connectivity index (χ0v) is 10.7. The van der Waals surface area contributed by atoms with E-state index < -0.39 is 22.7 Å². The first kappa shape index (κ1) is 13.1. The molecule has 4 nitrogen and oxygen atoms in total. The van der Waals surface area contributed by atoms with Crippen molar-refractivity contribution in [2.45, 2.75) is 6.18 Å². The van der Waals surface area contributed by atoms with E-state index in [0.717, 1.165) is 0 Å². The molecule has 0 saturated carbocycles. The first-order valence-corrected chi connectivity index (χ1v) is 5.96. The highest BCUT2D eigenvalue weighted by Crippen LogP contribution is 2.39. The third-order valence-corrected chi connectivity index (χ3v) is 3.57. The number of alkyl halides is 3. The molecule has 2 heterocycles. The van der Waals surface area contributed by atoms with E-state index in [1.807, 2.05) is 0 Å². The quantitative estimate of drug-likeness (QED) is 0.900. The number of aromatic nitrogens is 1. The summed E-state index contributed by atoms with van der Waals surface area (Å²) < 4.78 is 43.2. The number of furan rings is 1. The molecule has 0 atom stereocenters. The van der Waals surface area contributed by atoms with Gasteiger partial charge in [0.1, 0.15) is 4.88 Å². The van der Waals surface area contributed by atoms with Crippen LogP contribution < -0.4 is 0 Å². The molecule has 0 bridgehead atoms. The molecule has 2 rings (SSSR count). The number of carboxylic acid groups (broad SMARTS) is 1. The van der Waals surface area contributed by atoms with Crippen LogP contribution in [0.1, 0.15) is 15.4 Å². The zero-order valence-electron chi connectivity index (χ0n) is 8.29. The van der Waals surface area contributed by atoms with Crippen LogP contribution in [0.25, 0.3) is 10.8 Å². The second-order valence-electron chi connectivity index (χ2n) is 3.10. The molecule has 0 spiro atoms. The zero-order chi connectivity index (χ0) is 13.5. The van der Waals surface area contributed by atoms with Gasteiger partial charge in [-0.1, -0.05) is 0 Å². The summed E-state index contributed by atoms with van der Waals surface area (Å²) in [5, 5.41) is 8.60. The third-order valence-electron chi connectivity index (χ3n) is 1.90. The molecule has 0 fully saturated rings. The van der Waals surface area contributed by atoms with Gasteiger partial charge < -0.3 is 9.52 Å². The van der Waals surface area contributed by atoms with Gasteiger partial charge in [-0.3, -0.25) is 0 Å². The number of rotatable bonds is 2. The predicted molar refractivity (Wildman–Crippen MR) is 59.5 cm³/mol. The van der Waals surface area contributed by atoms with Crippen molar-refractivity contribution in [2.75, 3.05) is 0 Å². The Bertz CT molecular complexity index is 604. The van der Waals surface area contributed by atoms with E-state index in [1.54, 1.807) is 0 Å². The molecule has 18 heavy (non-hydrogen) atoms. The van der Waals surface area contributed by atoms with Crippen molar-refractivity contribution in [3.63, 3.8) is 0 Å². The molecule has 0 unspecified atom stereocenters. The van der Waals surface area contributed by atoms with E-state index in [4.69, 9.17) is 9.52 Å². The summed E-state index contributed by atoms with van der Waals surface area (Å²) in [4.78, 5) is 13.2. The van der Waals surface area contributed by atoms with Crippen molar-refractivity contribution in [3.8, 4) is 10.8 Å². The number of hydrogen-bond acceptors (Lipinski definition) is 4. The van der Waals surface area contributed by atoms with Gasteiger partial charge in [0.05, 0.1) is 10.7 Å². The Kier molecular flexibility index (Phi) is 3.20. The molecule has 2 aromatic rings. The van der Waals surface area contributed by atoms with Crippen LogP contribution >= 0.6 is 27.3 Å². The van der Waals surface area contributed by atoms with Gasteiger partial charge >= 0.3 is 12.1 Å². The summed E-state index contributed by atoms with van der Waals surface area (Å²) in [6.07, 6.45) is -3.56. The summed E-state index contributed by atoms with van der Waals surface area (Å²) in [5.74, 6) is -1.60. The standard InChI is InChI=1S/C9H3BrF3NO3S/c10-3-1-2-17-4(3)7-14-6(9(11,12)13)5(18-7)8(15)16/h1-2H,(H,15,16). The van der Waals surface area contributed by atoms with Gasteiger partial charge in [-0.25, -0.2) is 9.78 Å². The van der Waals surface area contributed by atoms with Crippen molar-refractivity contribution in [3.05, 3.63) is 27.4 Å². The number of carboxylic acids is 1. The topological polar surface area (TPSA) is 63.3 Å². The number of carbonyl (C=O) groups is 1. The lowest BCUT2D eigenvalue weighted by molar-refractivity contribution is -0.141. The highest BCUT2D eigenvalue weighted by atomic mass is 79.9. The normalized spacial score (nSPS) is 11.8. The van der Waals surface area contributed by atoms with Crippen molar-refractivity contribution in [1.82, 2.24) is 4.98 Å². The molecule has 0 aliphatic heterocycles. The number of aromatic carboxylic acids is 1. The maximum atomic E-state index is 12.6. The minimum atomic E-state index is -4.82. The molecule has 0 radical (unpaired) electrons. The van der Waals surface area contributed by atoms with Crippen molar-refractivity contribution in [2.24, 2.45) is 0 Å². The molecular weight excluding hydrogens is 339 g/mol. The van der Waals surface area contributed by atoms with Crippen LogP contribution in [0, 0.1) is 0 Å². The lowest BCUT2D eigenvalue weighted by atomic mass is 10.3. The minimum absolute atomic E-state index is 0.0676. The average molecular weight is 342 g/mol. The third kappa shape index (κ3) is 2.27. The summed E-state index contributed by atoms with van der Waals surface area (Å²) >= 11 is 3.48. The van der Waals surface area contributed by atoms with Crippen molar-refractivity contribution >= 4 is 33.2 Å². The first-order valence-electron chi connectivity index (χ1n) is 4.35. The van der Waals surface area contributed by atoms with E-state index in [2.05, 4.69) is 20.9 Å². The molecule has 9 heteroatoms. The van der Waals surface area contributed by atoms with Gasteiger partial charge in [0.25, 0.3) is 0 Å². The fraction of sp³-hybridized carbons (Fsp3) is 0.111. The molecule has 0 aliphatic carbocycles. The van der Waals surface area contributed by atoms with Gasteiger partial charge in [-0.2, -0.15) is 13.2 Å². The number of nitrogens with zero attached hydrogens (tertiary/aromatic N) is 1. The molecule has 0 amide bonds. The van der Waals surface area contributed by atoms with E-state index in [1.165, 1.54) is 12.3 Å². The van der Waals surface area contributed by atoms with Gasteiger partial charge in [0.2, 0.25) is 0 Å². The lowest BCUT2D eigenvalue weighted by Gasteiger charge is -2.02. The number of halogens is 4. The van der Waals surface area contributed by atoms with Crippen LogP contribution in [0.2, 0.25) is 0 Å². The number of hydrogen-bond donors (Lipinski definition) is 1. The van der Waals surface area contributed by atoms with E-state index in [9.17, 15) is 18.0 Å². The van der Waals surface area contributed by atoms with Gasteiger partial charge in [-0.05, 0) is 22.0 Å². The van der Waals surface area contributed by atoms with Gasteiger partial charge in [-0.15, -0.1) is 11.3 Å². The Morgan fingerprint density at radius 1 is 1.50 bits per heavy atom. The maximum Gasteiger partial charge on any atom is 0.435 e. The van der Waals surface area contributed by atoms with Crippen LogP contribution in [0.15, 0.2) is 21.2 Å². The van der Waals surface area contributed by atoms with Crippen LogP contribution in [0.4, 0.5) is 13.2 Å². The SMILES string of the molecule is O=C(O)c1sc(-c2occc2Br)nc1C(F)(F)F. The Hall–Kier alpha value is -1.35. The maximum absolute atomic E-state index is 12.6. The highest BCUT2D eigenvalue weighted by molar-refractivity contribution is 9.10. The molecule has 0 saturated heterocycles. The van der Waals surface area contributed by atoms with Crippen molar-refractivity contribution in [1.29, 1.82) is 0 Å². The Morgan fingerprint density at radius 2 is 2.17 bits per heavy atom. The summed E-state index contributed by atoms with van der Waals surface area (Å²) in [6.45, 7) is 0. The Balaban J connectivity index is 2.60. The first-order chi connectivity index (χ1) is 8.30. The largest absolute Gasteiger partial charge is 0.477 e. The summed E-state index contributed by atoms with van der Waals surface area (Å²) in [6, 6.07) is 1.48. The fourth-order valence-corrected chi connectivity index (χ4v) is 2.65. The lowest BCUT2D eigenvalue weighted by Crippen LogP contribution is -2.11. The fourth-order valence-electron chi connectivity index (χ4n) is 1.20. The van der Waals surface area contributed by atoms with Crippen LogP contribution in [0.3, 0.4) is 0 Å². The Labute approximate surface area is 110 Å². The summed E-state index contributed by atoms with van der Waals surface area (Å²) in [5.41, 5.74) is -1.42. The minimum Gasteiger partial charge on any atom is -0.477 e. The molecule has 96 valence electrons. The summed E-state index contributed by atoms with van der Waals surface area (Å²) in [7, 11) is 0. The average Bonchev–Trinajstić information content (AvgIpc) is 2.81. The van der Waals surface area contributed by atoms with Crippen LogP contribution in [-0.2, 0) is 6.18 Å². The monoisotopic (exact) mass is 341 g/mol. The smallest absolute Gasteiger partial charge is 0.435 e. The molecule has 0 aromatic carbocycles. The Morgan fingerprint density at radius 3 is 2.56 bits per heavy atom. The molecule has 2 aromatic heterocycles. The van der Waals surface area contributed by atoms with E-state index in [-0.39, 0.29) is 10.8 Å². The highest BCUT2D eigenvalue weighted by Gasteiger charge is 2.40. The van der Waals surface area contributed by atoms with Gasteiger partial charge in [0, 0.05) is 0 Å². The second-order valence-corrected chi connectivity index (χ2v) is 4.95. The van der Waals surface area contributed by atoms with Crippen LogP contribution in [0.5, 0.6) is 0 Å². The van der Waals surface area contributed by atoms with E-state index in [0.29, 0.717) is 15.8 Å². The molecule has 1 N–H and O–H groups in total. The number of thiazole rings is 1. The van der Waals surface area contributed by atoms with Crippen LogP contribution in [-0.4, -0.2) is 16.1 Å².